The van der Waals surface area contributed by atoms with Crippen molar-refractivity contribution >= 4 is 22.8 Å². The van der Waals surface area contributed by atoms with Gasteiger partial charge in [-0.05, 0) is 65.8 Å². The van der Waals surface area contributed by atoms with E-state index in [-0.39, 0.29) is 12.1 Å². The van der Waals surface area contributed by atoms with Crippen LogP contribution < -0.4 is 10.2 Å². The van der Waals surface area contributed by atoms with E-state index >= 15 is 0 Å². The molecule has 1 aliphatic rings. The number of hydrogen-bond donors (Lipinski definition) is 2. The molecular formula is C33H38N8O. The summed E-state index contributed by atoms with van der Waals surface area (Å²) in [6, 6.07) is 21.2. The summed E-state index contributed by atoms with van der Waals surface area (Å²) >= 11 is 0. The van der Waals surface area contributed by atoms with Gasteiger partial charge in [-0.2, -0.15) is 5.21 Å². The third kappa shape index (κ3) is 5.38. The zero-order chi connectivity index (χ0) is 29.1. The topological polar surface area (TPSA) is 105 Å². The molecule has 0 radical (unpaired) electrons. The van der Waals surface area contributed by atoms with Crippen molar-refractivity contribution in [1.29, 1.82) is 0 Å². The van der Waals surface area contributed by atoms with Gasteiger partial charge in [0.25, 0.3) is 0 Å². The van der Waals surface area contributed by atoms with Gasteiger partial charge in [0.1, 0.15) is 5.82 Å². The van der Waals surface area contributed by atoms with Gasteiger partial charge in [-0.1, -0.05) is 74.7 Å². The molecule has 3 aromatic carbocycles. The molecule has 2 aromatic heterocycles. The minimum atomic E-state index is -0.0443. The molecule has 1 saturated carbocycles. The number of imidazole rings is 1. The number of benzene rings is 3. The number of aromatic nitrogens is 6. The number of rotatable bonds is 8. The Morgan fingerprint density at radius 1 is 1.05 bits per heavy atom. The Labute approximate surface area is 246 Å². The van der Waals surface area contributed by atoms with E-state index in [0.29, 0.717) is 12.4 Å². The summed E-state index contributed by atoms with van der Waals surface area (Å²) in [5, 5.41) is 17.5. The van der Waals surface area contributed by atoms with Gasteiger partial charge in [-0.15, -0.1) is 10.2 Å². The molecule has 9 heteroatoms. The monoisotopic (exact) mass is 562 g/mol. The Bertz CT molecular complexity index is 1670. The van der Waals surface area contributed by atoms with E-state index in [4.69, 9.17) is 4.98 Å². The minimum absolute atomic E-state index is 0.0443. The Balaban J connectivity index is 1.37. The molecule has 2 N–H and O–H groups in total. The molecule has 0 bridgehead atoms. The second kappa shape index (κ2) is 12.1. The van der Waals surface area contributed by atoms with Gasteiger partial charge in [0.15, 0.2) is 0 Å². The summed E-state index contributed by atoms with van der Waals surface area (Å²) in [4.78, 5) is 20.3. The van der Waals surface area contributed by atoms with Crippen LogP contribution in [0.25, 0.3) is 33.5 Å². The van der Waals surface area contributed by atoms with Gasteiger partial charge >= 0.3 is 6.03 Å². The van der Waals surface area contributed by atoms with Crippen molar-refractivity contribution in [3.63, 3.8) is 0 Å². The number of urea groups is 1. The lowest BCUT2D eigenvalue weighted by molar-refractivity contribution is 0.243. The molecule has 0 atom stereocenters. The van der Waals surface area contributed by atoms with Gasteiger partial charge in [0, 0.05) is 37.3 Å². The molecule has 0 spiro atoms. The standard InChI is InChI=1S/C33H38N8O/c1-4-10-30-35-31-22(2)19-26(41(33(42)34-3)25-11-6-5-7-12-25)20-29(31)40(30)21-23-15-17-24(18-16-23)27-13-8-9-14-28(27)32-36-38-39-37-32/h8-9,13-20,25H,4-7,10-12,21H2,1-3H3,(H,34,42)(H,36,37,38,39). The summed E-state index contributed by atoms with van der Waals surface area (Å²) in [6.07, 6.45) is 7.53. The Morgan fingerprint density at radius 2 is 1.81 bits per heavy atom. The fourth-order valence-electron chi connectivity index (χ4n) is 6.28. The fourth-order valence-corrected chi connectivity index (χ4v) is 6.28. The summed E-state index contributed by atoms with van der Waals surface area (Å²) in [5.41, 5.74) is 8.40. The molecule has 1 aliphatic carbocycles. The maximum atomic E-state index is 13.2. The molecular weight excluding hydrogens is 524 g/mol. The summed E-state index contributed by atoms with van der Waals surface area (Å²) < 4.78 is 2.33. The van der Waals surface area contributed by atoms with Gasteiger partial charge < -0.3 is 9.88 Å². The van der Waals surface area contributed by atoms with Crippen LogP contribution in [0.2, 0.25) is 0 Å². The average molecular weight is 563 g/mol. The van der Waals surface area contributed by atoms with Crippen LogP contribution in [-0.2, 0) is 13.0 Å². The van der Waals surface area contributed by atoms with Gasteiger partial charge in [0.2, 0.25) is 5.82 Å². The second-order valence-electron chi connectivity index (χ2n) is 11.2. The lowest BCUT2D eigenvalue weighted by Gasteiger charge is -2.34. The zero-order valence-corrected chi connectivity index (χ0v) is 24.6. The van der Waals surface area contributed by atoms with Crippen molar-refractivity contribution in [3.8, 4) is 22.5 Å². The predicted molar refractivity (Wildman–Crippen MR) is 166 cm³/mol. The van der Waals surface area contributed by atoms with Crippen molar-refractivity contribution in [3.05, 3.63) is 77.6 Å². The molecule has 9 nitrogen and oxygen atoms in total. The van der Waals surface area contributed by atoms with Crippen molar-refractivity contribution in [2.75, 3.05) is 11.9 Å². The van der Waals surface area contributed by atoms with Crippen molar-refractivity contribution in [2.45, 2.75) is 71.4 Å². The third-order valence-electron chi connectivity index (χ3n) is 8.35. The first-order valence-electron chi connectivity index (χ1n) is 15.0. The zero-order valence-electron chi connectivity index (χ0n) is 24.6. The number of H-pyrrole nitrogens is 1. The minimum Gasteiger partial charge on any atom is -0.341 e. The number of tetrazole rings is 1. The molecule has 2 heterocycles. The van der Waals surface area contributed by atoms with Crippen LogP contribution in [0.3, 0.4) is 0 Å². The number of nitrogens with one attached hydrogen (secondary N) is 2. The first kappa shape index (κ1) is 27.6. The van der Waals surface area contributed by atoms with E-state index < -0.39 is 0 Å². The average Bonchev–Trinajstić information content (AvgIpc) is 3.68. The summed E-state index contributed by atoms with van der Waals surface area (Å²) in [6.45, 7) is 5.00. The molecule has 0 saturated heterocycles. The summed E-state index contributed by atoms with van der Waals surface area (Å²) in [5.74, 6) is 1.65. The van der Waals surface area contributed by atoms with Crippen LogP contribution in [0, 0.1) is 6.92 Å². The van der Waals surface area contributed by atoms with Crippen LogP contribution in [-0.4, -0.2) is 49.3 Å². The number of nitrogens with zero attached hydrogens (tertiary/aromatic N) is 6. The Kier molecular flexibility index (Phi) is 7.99. The molecule has 2 amide bonds. The van der Waals surface area contributed by atoms with Crippen molar-refractivity contribution in [1.82, 2.24) is 35.5 Å². The highest BCUT2D eigenvalue weighted by Crippen LogP contribution is 2.33. The predicted octanol–water partition coefficient (Wildman–Crippen LogP) is 6.67. The lowest BCUT2D eigenvalue weighted by atomic mass is 9.93. The molecule has 6 rings (SSSR count). The highest BCUT2D eigenvalue weighted by atomic mass is 16.2. The first-order valence-corrected chi connectivity index (χ1v) is 15.0. The van der Waals surface area contributed by atoms with Gasteiger partial charge in [-0.3, -0.25) is 4.90 Å². The number of anilines is 1. The largest absolute Gasteiger partial charge is 0.341 e. The number of aromatic amines is 1. The van der Waals surface area contributed by atoms with E-state index in [0.717, 1.165) is 83.3 Å². The smallest absolute Gasteiger partial charge is 0.321 e. The number of carbonyl (C=O) groups is 1. The van der Waals surface area contributed by atoms with E-state index in [1.54, 1.807) is 7.05 Å². The van der Waals surface area contributed by atoms with Crippen LogP contribution in [0.1, 0.15) is 62.4 Å². The number of aryl methyl sites for hydroxylation is 2. The molecule has 1 fully saturated rings. The van der Waals surface area contributed by atoms with E-state index in [2.05, 4.69) is 86.8 Å². The molecule has 216 valence electrons. The second-order valence-corrected chi connectivity index (χ2v) is 11.2. The quantitative estimate of drug-likeness (QED) is 0.220. The first-order chi connectivity index (χ1) is 20.6. The Hall–Kier alpha value is -4.53. The van der Waals surface area contributed by atoms with Gasteiger partial charge in [0.05, 0.1) is 11.0 Å². The van der Waals surface area contributed by atoms with E-state index in [9.17, 15) is 4.79 Å². The maximum Gasteiger partial charge on any atom is 0.321 e. The SMILES string of the molecule is CCCc1nc2c(C)cc(N(C(=O)NC)C3CCCCC3)cc2n1Cc1ccc(-c2ccccc2-c2nn[nH]n2)cc1. The van der Waals surface area contributed by atoms with Crippen molar-refractivity contribution < 1.29 is 4.79 Å². The highest BCUT2D eigenvalue weighted by molar-refractivity contribution is 5.95. The van der Waals surface area contributed by atoms with Crippen LogP contribution >= 0.6 is 0 Å². The summed E-state index contributed by atoms with van der Waals surface area (Å²) in [7, 11) is 1.72. The molecule has 0 aliphatic heterocycles. The molecule has 42 heavy (non-hydrogen) atoms. The highest BCUT2D eigenvalue weighted by Gasteiger charge is 2.27. The fraction of sp³-hybridized carbons (Fsp3) is 0.364. The molecule has 5 aromatic rings. The number of amides is 2. The van der Waals surface area contributed by atoms with E-state index in [1.807, 2.05) is 23.1 Å². The van der Waals surface area contributed by atoms with Crippen molar-refractivity contribution in [2.24, 2.45) is 0 Å². The third-order valence-corrected chi connectivity index (χ3v) is 8.35. The van der Waals surface area contributed by atoms with Gasteiger partial charge in [-0.25, -0.2) is 9.78 Å². The Morgan fingerprint density at radius 3 is 2.50 bits per heavy atom. The maximum absolute atomic E-state index is 13.2. The van der Waals surface area contributed by atoms with Crippen LogP contribution in [0.5, 0.6) is 0 Å². The van der Waals surface area contributed by atoms with E-state index in [1.165, 1.54) is 12.0 Å². The van der Waals surface area contributed by atoms with Crippen LogP contribution in [0.15, 0.2) is 60.7 Å². The van der Waals surface area contributed by atoms with Crippen LogP contribution in [0.4, 0.5) is 10.5 Å². The normalized spacial score (nSPS) is 13.9. The number of carbonyl (C=O) groups excluding carboxylic acids is 1. The number of hydrogen-bond acceptors (Lipinski definition) is 5. The number of fused-ring (bicyclic) bond motifs is 1. The molecule has 0 unspecified atom stereocenters. The lowest BCUT2D eigenvalue weighted by Crippen LogP contribution is -2.46.